The Morgan fingerprint density at radius 1 is 1.50 bits per heavy atom. The molecule has 0 saturated heterocycles. The average Bonchev–Trinajstić information content (AvgIpc) is 2.38. The molecule has 4 N–H and O–H groups in total. The van der Waals surface area contributed by atoms with Gasteiger partial charge in [0, 0.05) is 25.8 Å². The number of halogens is 1. The first-order chi connectivity index (χ1) is 8.56. The number of aliphatic hydroxyl groups excluding tert-OH is 1. The highest BCUT2D eigenvalue weighted by Gasteiger charge is 2.21. The summed E-state index contributed by atoms with van der Waals surface area (Å²) in [5.74, 6) is -0.786. The first-order valence-corrected chi connectivity index (χ1v) is 5.54. The van der Waals surface area contributed by atoms with Crippen molar-refractivity contribution >= 4 is 11.6 Å². The van der Waals surface area contributed by atoms with Crippen molar-refractivity contribution in [3.05, 3.63) is 30.1 Å². The van der Waals surface area contributed by atoms with Crippen molar-refractivity contribution < 1.29 is 19.0 Å². The van der Waals surface area contributed by atoms with E-state index in [9.17, 15) is 14.3 Å². The highest BCUT2D eigenvalue weighted by molar-refractivity contribution is 5.94. The van der Waals surface area contributed by atoms with Gasteiger partial charge in [-0.25, -0.2) is 4.39 Å². The second-order valence-corrected chi connectivity index (χ2v) is 3.85. The minimum Gasteiger partial charge on any atom is -0.392 e. The predicted octanol–water partition coefficient (Wildman–Crippen LogP) is 0.489. The summed E-state index contributed by atoms with van der Waals surface area (Å²) >= 11 is 0. The standard InChI is InChI=1S/C12H17FN2O3/c1-18-11(6-10(16)7-14)12(17)15-9-4-2-8(13)3-5-9/h2-5,10-11,16H,6-7,14H2,1H3,(H,15,17)/t10?,11-/m1/s1. The van der Waals surface area contributed by atoms with Gasteiger partial charge in [-0.15, -0.1) is 0 Å². The summed E-state index contributed by atoms with van der Waals surface area (Å²) < 4.78 is 17.7. The monoisotopic (exact) mass is 256 g/mol. The summed E-state index contributed by atoms with van der Waals surface area (Å²) in [4.78, 5) is 11.8. The molecule has 0 aromatic heterocycles. The Kier molecular flexibility index (Phi) is 5.70. The molecule has 1 aromatic rings. The zero-order chi connectivity index (χ0) is 13.5. The molecular weight excluding hydrogens is 239 g/mol. The van der Waals surface area contributed by atoms with E-state index in [-0.39, 0.29) is 18.8 Å². The molecule has 0 aliphatic rings. The maximum atomic E-state index is 12.7. The molecule has 0 spiro atoms. The molecule has 1 aromatic carbocycles. The zero-order valence-corrected chi connectivity index (χ0v) is 10.1. The zero-order valence-electron chi connectivity index (χ0n) is 10.1. The third-order valence-electron chi connectivity index (χ3n) is 2.45. The smallest absolute Gasteiger partial charge is 0.253 e. The van der Waals surface area contributed by atoms with Crippen molar-refractivity contribution in [1.29, 1.82) is 0 Å². The number of hydrogen-bond donors (Lipinski definition) is 3. The van der Waals surface area contributed by atoms with Gasteiger partial charge in [-0.05, 0) is 24.3 Å². The van der Waals surface area contributed by atoms with Gasteiger partial charge in [0.15, 0.2) is 0 Å². The Morgan fingerprint density at radius 2 is 2.11 bits per heavy atom. The summed E-state index contributed by atoms with van der Waals surface area (Å²) in [6, 6.07) is 5.37. The van der Waals surface area contributed by atoms with Crippen LogP contribution in [0, 0.1) is 5.82 Å². The van der Waals surface area contributed by atoms with E-state index in [1.54, 1.807) is 0 Å². The number of nitrogens with one attached hydrogen (secondary N) is 1. The minimum absolute atomic E-state index is 0.0592. The lowest BCUT2D eigenvalue weighted by Gasteiger charge is -2.17. The second kappa shape index (κ2) is 7.05. The van der Waals surface area contributed by atoms with Crippen LogP contribution in [0.1, 0.15) is 6.42 Å². The van der Waals surface area contributed by atoms with E-state index in [1.807, 2.05) is 0 Å². The topological polar surface area (TPSA) is 84.6 Å². The first-order valence-electron chi connectivity index (χ1n) is 5.54. The molecule has 0 aliphatic heterocycles. The SMILES string of the molecule is CO[C@H](CC(O)CN)C(=O)Nc1ccc(F)cc1. The van der Waals surface area contributed by atoms with Gasteiger partial charge < -0.3 is 20.9 Å². The van der Waals surface area contributed by atoms with E-state index in [0.29, 0.717) is 5.69 Å². The maximum absolute atomic E-state index is 12.7. The summed E-state index contributed by atoms with van der Waals surface area (Å²) in [6.45, 7) is 0.0592. The number of amides is 1. The van der Waals surface area contributed by atoms with E-state index in [0.717, 1.165) is 0 Å². The fourth-order valence-corrected chi connectivity index (χ4v) is 1.41. The maximum Gasteiger partial charge on any atom is 0.253 e. The Labute approximate surface area is 105 Å². The predicted molar refractivity (Wildman–Crippen MR) is 65.5 cm³/mol. The van der Waals surface area contributed by atoms with Crippen molar-refractivity contribution in [3.63, 3.8) is 0 Å². The number of carbonyl (C=O) groups is 1. The van der Waals surface area contributed by atoms with E-state index in [1.165, 1.54) is 31.4 Å². The van der Waals surface area contributed by atoms with E-state index >= 15 is 0 Å². The Bertz CT molecular complexity index is 383. The van der Waals surface area contributed by atoms with Crippen LogP contribution in [0.15, 0.2) is 24.3 Å². The number of rotatable bonds is 6. The van der Waals surface area contributed by atoms with Crippen molar-refractivity contribution in [2.75, 3.05) is 19.0 Å². The number of hydrogen-bond acceptors (Lipinski definition) is 4. The van der Waals surface area contributed by atoms with Crippen LogP contribution < -0.4 is 11.1 Å². The average molecular weight is 256 g/mol. The molecule has 18 heavy (non-hydrogen) atoms. The lowest BCUT2D eigenvalue weighted by atomic mass is 10.1. The van der Waals surface area contributed by atoms with E-state index in [4.69, 9.17) is 10.5 Å². The highest BCUT2D eigenvalue weighted by Crippen LogP contribution is 2.11. The van der Waals surface area contributed by atoms with Crippen LogP contribution in [0.5, 0.6) is 0 Å². The van der Waals surface area contributed by atoms with Crippen molar-refractivity contribution in [2.45, 2.75) is 18.6 Å². The summed E-state index contributed by atoms with van der Waals surface area (Å²) in [5, 5.41) is 11.9. The first kappa shape index (κ1) is 14.6. The molecule has 100 valence electrons. The lowest BCUT2D eigenvalue weighted by molar-refractivity contribution is -0.127. The molecule has 0 saturated carbocycles. The largest absolute Gasteiger partial charge is 0.392 e. The molecule has 2 atom stereocenters. The van der Waals surface area contributed by atoms with Crippen molar-refractivity contribution in [3.8, 4) is 0 Å². The molecule has 0 bridgehead atoms. The molecule has 0 fully saturated rings. The Morgan fingerprint density at radius 3 is 2.61 bits per heavy atom. The number of anilines is 1. The molecule has 0 aliphatic carbocycles. The Hall–Kier alpha value is -1.50. The van der Waals surface area contributed by atoms with Crippen LogP contribution >= 0.6 is 0 Å². The van der Waals surface area contributed by atoms with Crippen molar-refractivity contribution in [1.82, 2.24) is 0 Å². The number of aliphatic hydroxyl groups is 1. The Balaban J connectivity index is 2.59. The molecule has 1 unspecified atom stereocenters. The summed E-state index contributed by atoms with van der Waals surface area (Å²) in [6.07, 6.45) is -1.48. The van der Waals surface area contributed by atoms with Gasteiger partial charge >= 0.3 is 0 Å². The molecule has 0 radical (unpaired) electrons. The normalized spacial score (nSPS) is 14.0. The number of nitrogens with two attached hydrogens (primary N) is 1. The van der Waals surface area contributed by atoms with Gasteiger partial charge in [0.05, 0.1) is 6.10 Å². The van der Waals surface area contributed by atoms with Crippen LogP contribution in [0.25, 0.3) is 0 Å². The van der Waals surface area contributed by atoms with Gasteiger partial charge in [-0.1, -0.05) is 0 Å². The van der Waals surface area contributed by atoms with E-state index < -0.39 is 18.1 Å². The van der Waals surface area contributed by atoms with Crippen LogP contribution in [0.3, 0.4) is 0 Å². The summed E-state index contributed by atoms with van der Waals surface area (Å²) in [7, 11) is 1.37. The second-order valence-electron chi connectivity index (χ2n) is 3.85. The molecule has 5 nitrogen and oxygen atoms in total. The number of ether oxygens (including phenoxy) is 1. The quantitative estimate of drug-likeness (QED) is 0.691. The molecular formula is C12H17FN2O3. The minimum atomic E-state index is -0.798. The fraction of sp³-hybridized carbons (Fsp3) is 0.417. The molecule has 6 heteroatoms. The summed E-state index contributed by atoms with van der Waals surface area (Å²) in [5.41, 5.74) is 5.73. The molecule has 0 heterocycles. The van der Waals surface area contributed by atoms with Gasteiger partial charge in [-0.3, -0.25) is 4.79 Å². The van der Waals surface area contributed by atoms with Gasteiger partial charge in [0.1, 0.15) is 11.9 Å². The van der Waals surface area contributed by atoms with Crippen LogP contribution in [0.4, 0.5) is 10.1 Å². The van der Waals surface area contributed by atoms with Gasteiger partial charge in [0.25, 0.3) is 5.91 Å². The van der Waals surface area contributed by atoms with Gasteiger partial charge in [0.2, 0.25) is 0 Å². The highest BCUT2D eigenvalue weighted by atomic mass is 19.1. The third-order valence-corrected chi connectivity index (χ3v) is 2.45. The number of benzene rings is 1. The van der Waals surface area contributed by atoms with Crippen LogP contribution in [-0.2, 0) is 9.53 Å². The van der Waals surface area contributed by atoms with Crippen LogP contribution in [0.2, 0.25) is 0 Å². The van der Waals surface area contributed by atoms with Gasteiger partial charge in [-0.2, -0.15) is 0 Å². The molecule has 1 rings (SSSR count). The molecule has 1 amide bonds. The number of methoxy groups -OCH3 is 1. The van der Waals surface area contributed by atoms with Crippen LogP contribution in [-0.4, -0.2) is 36.9 Å². The third kappa shape index (κ3) is 4.40. The van der Waals surface area contributed by atoms with E-state index in [2.05, 4.69) is 5.32 Å². The number of carbonyl (C=O) groups excluding carboxylic acids is 1. The lowest BCUT2D eigenvalue weighted by Crippen LogP contribution is -2.35. The van der Waals surface area contributed by atoms with Crippen molar-refractivity contribution in [2.24, 2.45) is 5.73 Å². The fourth-order valence-electron chi connectivity index (χ4n) is 1.41.